The lowest BCUT2D eigenvalue weighted by Gasteiger charge is -2.20. The average Bonchev–Trinajstić information content (AvgIpc) is 2.89. The highest BCUT2D eigenvalue weighted by atomic mass is 16.3. The molecule has 1 saturated carbocycles. The number of hydrogen-bond acceptors (Lipinski definition) is 2. The van der Waals surface area contributed by atoms with Gasteiger partial charge in [0.15, 0.2) is 0 Å². The topological polar surface area (TPSA) is 39.2 Å². The summed E-state index contributed by atoms with van der Waals surface area (Å²) in [5.74, 6) is 0. The highest BCUT2D eigenvalue weighted by Gasteiger charge is 2.48. The van der Waals surface area contributed by atoms with E-state index in [-0.39, 0.29) is 11.5 Å². The van der Waals surface area contributed by atoms with Crippen molar-refractivity contribution < 1.29 is 4.42 Å². The summed E-state index contributed by atoms with van der Waals surface area (Å²) in [5, 5.41) is 1.23. The molecule has 2 N–H and O–H groups in total. The Balaban J connectivity index is 2.23. The molecule has 0 radical (unpaired) electrons. The summed E-state index contributed by atoms with van der Waals surface area (Å²) in [4.78, 5) is 0. The summed E-state index contributed by atoms with van der Waals surface area (Å²) in [6, 6.07) is 8.53. The molecule has 1 aromatic heterocycles. The number of nitrogens with two attached hydrogens (primary N) is 1. The van der Waals surface area contributed by atoms with Gasteiger partial charge in [-0.2, -0.15) is 0 Å². The van der Waals surface area contributed by atoms with Crippen LogP contribution in [0.1, 0.15) is 25.3 Å². The number of benzene rings is 1. The van der Waals surface area contributed by atoms with E-state index < -0.39 is 0 Å². The van der Waals surface area contributed by atoms with Gasteiger partial charge in [-0.15, -0.1) is 0 Å². The molecule has 0 saturated heterocycles. The molecule has 2 heteroatoms. The van der Waals surface area contributed by atoms with Crippen molar-refractivity contribution in [3.05, 3.63) is 36.1 Å². The Morgan fingerprint density at radius 2 is 2.13 bits per heavy atom. The smallest absolute Gasteiger partial charge is 0.134 e. The first-order chi connectivity index (χ1) is 7.24. The summed E-state index contributed by atoms with van der Waals surface area (Å²) < 4.78 is 5.42. The molecule has 3 rings (SSSR count). The van der Waals surface area contributed by atoms with Crippen LogP contribution in [0.3, 0.4) is 0 Å². The molecule has 1 fully saturated rings. The molecular formula is C13H15NO. The Morgan fingerprint density at radius 3 is 2.80 bits per heavy atom. The molecule has 2 nitrogen and oxygen atoms in total. The fraction of sp³-hybridized carbons (Fsp3) is 0.385. The molecule has 0 aliphatic heterocycles. The second kappa shape index (κ2) is 2.86. The van der Waals surface area contributed by atoms with E-state index in [9.17, 15) is 0 Å². The predicted octanol–water partition coefficient (Wildman–Crippen LogP) is 2.81. The number of hydrogen-bond donors (Lipinski definition) is 1. The average molecular weight is 201 g/mol. The minimum absolute atomic E-state index is 0.212. The third-order valence-electron chi connectivity index (χ3n) is 3.69. The zero-order valence-corrected chi connectivity index (χ0v) is 8.86. The van der Waals surface area contributed by atoms with Gasteiger partial charge in [-0.05, 0) is 37.5 Å². The minimum atomic E-state index is 0.212. The standard InChI is InChI=1S/C13H15NO/c1-9(14)13(6-7-13)11-3-2-4-12-10(11)5-8-15-12/h2-5,8-9H,6-7,14H2,1H3. The molecule has 1 aliphatic carbocycles. The predicted molar refractivity (Wildman–Crippen MR) is 60.8 cm³/mol. The maximum Gasteiger partial charge on any atom is 0.134 e. The zero-order chi connectivity index (χ0) is 10.5. The molecule has 1 unspecified atom stereocenters. The minimum Gasteiger partial charge on any atom is -0.464 e. The zero-order valence-electron chi connectivity index (χ0n) is 8.86. The Bertz CT molecular complexity index is 494. The van der Waals surface area contributed by atoms with Crippen LogP contribution < -0.4 is 5.73 Å². The normalized spacial score (nSPS) is 20.4. The SMILES string of the molecule is CC(N)C1(c2cccc3occc23)CC1. The Kier molecular flexibility index (Phi) is 1.71. The Labute approximate surface area is 89.1 Å². The molecule has 78 valence electrons. The van der Waals surface area contributed by atoms with Crippen molar-refractivity contribution in [3.8, 4) is 0 Å². The lowest BCUT2D eigenvalue weighted by molar-refractivity contribution is 0.559. The molecule has 1 heterocycles. The number of furan rings is 1. The molecule has 1 aliphatic rings. The van der Waals surface area contributed by atoms with Gasteiger partial charge >= 0.3 is 0 Å². The van der Waals surface area contributed by atoms with Gasteiger partial charge in [0.25, 0.3) is 0 Å². The molecule has 15 heavy (non-hydrogen) atoms. The van der Waals surface area contributed by atoms with E-state index in [1.807, 2.05) is 12.1 Å². The van der Waals surface area contributed by atoms with Crippen molar-refractivity contribution in [2.75, 3.05) is 0 Å². The summed E-state index contributed by atoms with van der Waals surface area (Å²) in [6.07, 6.45) is 4.16. The first-order valence-electron chi connectivity index (χ1n) is 5.46. The number of fused-ring (bicyclic) bond motifs is 1. The van der Waals surface area contributed by atoms with Crippen molar-refractivity contribution >= 4 is 11.0 Å². The van der Waals surface area contributed by atoms with Crippen LogP contribution in [0.5, 0.6) is 0 Å². The Morgan fingerprint density at radius 1 is 1.33 bits per heavy atom. The van der Waals surface area contributed by atoms with Crippen LogP contribution in [0.25, 0.3) is 11.0 Å². The van der Waals surface area contributed by atoms with Gasteiger partial charge in [-0.25, -0.2) is 0 Å². The van der Waals surface area contributed by atoms with Crippen LogP contribution in [0.4, 0.5) is 0 Å². The van der Waals surface area contributed by atoms with Crippen molar-refractivity contribution in [1.29, 1.82) is 0 Å². The first kappa shape index (κ1) is 8.98. The first-order valence-corrected chi connectivity index (χ1v) is 5.46. The van der Waals surface area contributed by atoms with E-state index in [2.05, 4.69) is 19.1 Å². The second-order valence-electron chi connectivity index (χ2n) is 4.58. The number of rotatable bonds is 2. The summed E-state index contributed by atoms with van der Waals surface area (Å²) in [7, 11) is 0. The van der Waals surface area contributed by atoms with Crippen LogP contribution in [-0.4, -0.2) is 6.04 Å². The van der Waals surface area contributed by atoms with Gasteiger partial charge < -0.3 is 10.2 Å². The van der Waals surface area contributed by atoms with Gasteiger partial charge in [0.05, 0.1) is 6.26 Å². The molecule has 0 spiro atoms. The van der Waals surface area contributed by atoms with E-state index in [0.717, 1.165) is 5.58 Å². The van der Waals surface area contributed by atoms with E-state index >= 15 is 0 Å². The van der Waals surface area contributed by atoms with E-state index in [1.54, 1.807) is 6.26 Å². The van der Waals surface area contributed by atoms with Gasteiger partial charge in [0.1, 0.15) is 5.58 Å². The van der Waals surface area contributed by atoms with Crippen LogP contribution in [0.2, 0.25) is 0 Å². The fourth-order valence-corrected chi connectivity index (χ4v) is 2.53. The molecule has 1 atom stereocenters. The highest BCUT2D eigenvalue weighted by Crippen LogP contribution is 2.52. The molecule has 1 aromatic carbocycles. The van der Waals surface area contributed by atoms with Crippen LogP contribution in [-0.2, 0) is 5.41 Å². The molecular weight excluding hydrogens is 186 g/mol. The third kappa shape index (κ3) is 1.15. The molecule has 2 aromatic rings. The summed E-state index contributed by atoms with van der Waals surface area (Å²) in [5.41, 5.74) is 8.64. The summed E-state index contributed by atoms with van der Waals surface area (Å²) in [6.45, 7) is 2.10. The third-order valence-corrected chi connectivity index (χ3v) is 3.69. The van der Waals surface area contributed by atoms with Crippen molar-refractivity contribution in [3.63, 3.8) is 0 Å². The Hall–Kier alpha value is -1.28. The lowest BCUT2D eigenvalue weighted by atomic mass is 9.87. The molecule has 0 amide bonds. The fourth-order valence-electron chi connectivity index (χ4n) is 2.53. The monoisotopic (exact) mass is 201 g/mol. The van der Waals surface area contributed by atoms with Crippen LogP contribution in [0, 0.1) is 0 Å². The highest BCUT2D eigenvalue weighted by molar-refractivity contribution is 5.82. The van der Waals surface area contributed by atoms with E-state index in [0.29, 0.717) is 0 Å². The largest absolute Gasteiger partial charge is 0.464 e. The van der Waals surface area contributed by atoms with Crippen LogP contribution in [0.15, 0.2) is 34.9 Å². The summed E-state index contributed by atoms with van der Waals surface area (Å²) >= 11 is 0. The van der Waals surface area contributed by atoms with Crippen molar-refractivity contribution in [1.82, 2.24) is 0 Å². The van der Waals surface area contributed by atoms with Gasteiger partial charge in [0.2, 0.25) is 0 Å². The van der Waals surface area contributed by atoms with Crippen LogP contribution >= 0.6 is 0 Å². The quantitative estimate of drug-likeness (QED) is 0.811. The van der Waals surface area contributed by atoms with Gasteiger partial charge in [-0.1, -0.05) is 12.1 Å². The molecule has 0 bridgehead atoms. The van der Waals surface area contributed by atoms with E-state index in [4.69, 9.17) is 10.2 Å². The lowest BCUT2D eigenvalue weighted by Crippen LogP contribution is -2.31. The van der Waals surface area contributed by atoms with E-state index in [1.165, 1.54) is 23.8 Å². The maximum absolute atomic E-state index is 6.09. The van der Waals surface area contributed by atoms with Gasteiger partial charge in [0, 0.05) is 16.8 Å². The van der Waals surface area contributed by atoms with Crippen molar-refractivity contribution in [2.24, 2.45) is 5.73 Å². The van der Waals surface area contributed by atoms with Gasteiger partial charge in [-0.3, -0.25) is 0 Å². The second-order valence-corrected chi connectivity index (χ2v) is 4.58. The van der Waals surface area contributed by atoms with Crippen molar-refractivity contribution in [2.45, 2.75) is 31.2 Å². The maximum atomic E-state index is 6.09.